The number of rotatable bonds is 4. The number of Topliss-reactive ketones (excluding diaryl/α,β-unsaturated/α-hetero) is 1. The summed E-state index contributed by atoms with van der Waals surface area (Å²) >= 11 is 0. The van der Waals surface area contributed by atoms with Gasteiger partial charge in [0, 0.05) is 17.5 Å². The molecule has 0 fully saturated rings. The molecule has 0 amide bonds. The first-order chi connectivity index (χ1) is 10.1. The molecule has 0 heterocycles. The van der Waals surface area contributed by atoms with Crippen molar-refractivity contribution in [2.24, 2.45) is 0 Å². The Morgan fingerprint density at radius 3 is 2.57 bits per heavy atom. The van der Waals surface area contributed by atoms with Crippen LogP contribution in [0.3, 0.4) is 0 Å². The van der Waals surface area contributed by atoms with Crippen molar-refractivity contribution in [3.8, 4) is 5.75 Å². The average molecular weight is 282 g/mol. The van der Waals surface area contributed by atoms with E-state index in [0.717, 1.165) is 28.9 Å². The van der Waals surface area contributed by atoms with Crippen molar-refractivity contribution in [2.45, 2.75) is 19.4 Å². The first-order valence-electron chi connectivity index (χ1n) is 6.75. The van der Waals surface area contributed by atoms with E-state index in [0.29, 0.717) is 13.0 Å². The van der Waals surface area contributed by atoms with Crippen molar-refractivity contribution in [1.29, 1.82) is 0 Å². The van der Waals surface area contributed by atoms with E-state index in [1.165, 1.54) is 0 Å². The van der Waals surface area contributed by atoms with Crippen LogP contribution in [0.5, 0.6) is 5.75 Å². The highest BCUT2D eigenvalue weighted by Gasteiger charge is 2.22. The van der Waals surface area contributed by atoms with Gasteiger partial charge < -0.3 is 9.84 Å². The topological polar surface area (TPSA) is 63.6 Å². The lowest BCUT2D eigenvalue weighted by atomic mass is 10.1. The third kappa shape index (κ3) is 2.65. The highest BCUT2D eigenvalue weighted by atomic mass is 16.5. The van der Waals surface area contributed by atoms with E-state index in [1.807, 2.05) is 18.2 Å². The van der Waals surface area contributed by atoms with Gasteiger partial charge >= 0.3 is 5.97 Å². The number of ether oxygens (including phenoxy) is 1. The van der Waals surface area contributed by atoms with E-state index < -0.39 is 5.97 Å². The molecule has 0 radical (unpaired) electrons. The van der Waals surface area contributed by atoms with Gasteiger partial charge in [0.25, 0.3) is 0 Å². The predicted octanol–water partition coefficient (Wildman–Crippen LogP) is 3.09. The number of hydrogen-bond donors (Lipinski definition) is 1. The standard InChI is InChI=1S/C17H14O4/c18-15-9-8-14-13(15)2-1-3-16(14)21-10-11-4-6-12(7-5-11)17(19)20/h1-7H,8-10H2,(H,19,20). The number of carboxylic acid groups (broad SMARTS) is 1. The Labute approximate surface area is 122 Å². The van der Waals surface area contributed by atoms with E-state index in [1.54, 1.807) is 24.3 Å². The first-order valence-corrected chi connectivity index (χ1v) is 6.75. The summed E-state index contributed by atoms with van der Waals surface area (Å²) in [4.78, 5) is 22.5. The molecule has 0 bridgehead atoms. The zero-order valence-electron chi connectivity index (χ0n) is 11.3. The van der Waals surface area contributed by atoms with Gasteiger partial charge in [-0.05, 0) is 30.2 Å². The number of hydrogen-bond acceptors (Lipinski definition) is 3. The molecular formula is C17H14O4. The molecule has 0 unspecified atom stereocenters. The van der Waals surface area contributed by atoms with Gasteiger partial charge in [-0.3, -0.25) is 4.79 Å². The highest BCUT2D eigenvalue weighted by molar-refractivity contribution is 6.01. The van der Waals surface area contributed by atoms with E-state index >= 15 is 0 Å². The maximum absolute atomic E-state index is 11.7. The molecule has 106 valence electrons. The van der Waals surface area contributed by atoms with Crippen LogP contribution in [-0.2, 0) is 13.0 Å². The van der Waals surface area contributed by atoms with Crippen LogP contribution in [0.2, 0.25) is 0 Å². The fourth-order valence-corrected chi connectivity index (χ4v) is 2.50. The third-order valence-electron chi connectivity index (χ3n) is 3.63. The van der Waals surface area contributed by atoms with Gasteiger partial charge in [-0.2, -0.15) is 0 Å². The fourth-order valence-electron chi connectivity index (χ4n) is 2.50. The Balaban J connectivity index is 1.74. The van der Waals surface area contributed by atoms with Crippen LogP contribution in [0.25, 0.3) is 0 Å². The molecule has 0 spiro atoms. The summed E-state index contributed by atoms with van der Waals surface area (Å²) in [7, 11) is 0. The molecule has 3 rings (SSSR count). The van der Waals surface area contributed by atoms with Gasteiger partial charge in [-0.1, -0.05) is 24.3 Å². The molecule has 0 aromatic heterocycles. The van der Waals surface area contributed by atoms with Gasteiger partial charge in [-0.25, -0.2) is 4.79 Å². The Kier molecular flexibility index (Phi) is 3.44. The number of fused-ring (bicyclic) bond motifs is 1. The molecule has 0 saturated heterocycles. The molecule has 2 aromatic rings. The van der Waals surface area contributed by atoms with Crippen LogP contribution in [0.1, 0.15) is 38.3 Å². The second-order valence-electron chi connectivity index (χ2n) is 5.00. The minimum absolute atomic E-state index is 0.168. The Hall–Kier alpha value is -2.62. The monoisotopic (exact) mass is 282 g/mol. The number of aromatic carboxylic acids is 1. The van der Waals surface area contributed by atoms with Gasteiger partial charge in [0.2, 0.25) is 0 Å². The summed E-state index contributed by atoms with van der Waals surface area (Å²) in [6.45, 7) is 0.352. The zero-order valence-corrected chi connectivity index (χ0v) is 11.3. The van der Waals surface area contributed by atoms with Gasteiger partial charge in [0.15, 0.2) is 5.78 Å². The van der Waals surface area contributed by atoms with Crippen molar-refractivity contribution in [2.75, 3.05) is 0 Å². The Morgan fingerprint density at radius 1 is 1.10 bits per heavy atom. The van der Waals surface area contributed by atoms with Crippen molar-refractivity contribution < 1.29 is 19.4 Å². The Morgan fingerprint density at radius 2 is 1.86 bits per heavy atom. The summed E-state index contributed by atoms with van der Waals surface area (Å²) in [6.07, 6.45) is 1.27. The van der Waals surface area contributed by atoms with Crippen LogP contribution in [0.15, 0.2) is 42.5 Å². The third-order valence-corrected chi connectivity index (χ3v) is 3.63. The summed E-state index contributed by atoms with van der Waals surface area (Å²) < 4.78 is 5.78. The molecular weight excluding hydrogens is 268 g/mol. The maximum atomic E-state index is 11.7. The smallest absolute Gasteiger partial charge is 0.335 e. The van der Waals surface area contributed by atoms with Crippen LogP contribution in [0, 0.1) is 0 Å². The average Bonchev–Trinajstić information content (AvgIpc) is 2.88. The van der Waals surface area contributed by atoms with Crippen molar-refractivity contribution in [1.82, 2.24) is 0 Å². The minimum atomic E-state index is -0.943. The van der Waals surface area contributed by atoms with Gasteiger partial charge in [-0.15, -0.1) is 0 Å². The second kappa shape index (κ2) is 5.40. The minimum Gasteiger partial charge on any atom is -0.489 e. The summed E-state index contributed by atoms with van der Waals surface area (Å²) in [6, 6.07) is 12.1. The first kappa shape index (κ1) is 13.4. The molecule has 4 heteroatoms. The number of ketones is 1. The number of carbonyl (C=O) groups is 2. The van der Waals surface area contributed by atoms with Gasteiger partial charge in [0.1, 0.15) is 12.4 Å². The summed E-state index contributed by atoms with van der Waals surface area (Å²) in [5, 5.41) is 8.85. The zero-order chi connectivity index (χ0) is 14.8. The summed E-state index contributed by atoms with van der Waals surface area (Å²) in [5.41, 5.74) is 2.88. The predicted molar refractivity (Wildman–Crippen MR) is 76.8 cm³/mol. The number of carbonyl (C=O) groups excluding carboxylic acids is 1. The van der Waals surface area contributed by atoms with Crippen molar-refractivity contribution >= 4 is 11.8 Å². The van der Waals surface area contributed by atoms with E-state index in [2.05, 4.69) is 0 Å². The molecule has 0 aliphatic heterocycles. The van der Waals surface area contributed by atoms with Crippen LogP contribution >= 0.6 is 0 Å². The fraction of sp³-hybridized carbons (Fsp3) is 0.176. The molecule has 1 aliphatic carbocycles. The molecule has 21 heavy (non-hydrogen) atoms. The normalized spacial score (nSPS) is 13.0. The molecule has 2 aromatic carbocycles. The highest BCUT2D eigenvalue weighted by Crippen LogP contribution is 2.30. The van der Waals surface area contributed by atoms with Crippen LogP contribution in [0.4, 0.5) is 0 Å². The second-order valence-corrected chi connectivity index (χ2v) is 5.00. The van der Waals surface area contributed by atoms with E-state index in [4.69, 9.17) is 9.84 Å². The largest absolute Gasteiger partial charge is 0.489 e. The van der Waals surface area contributed by atoms with E-state index in [-0.39, 0.29) is 11.3 Å². The maximum Gasteiger partial charge on any atom is 0.335 e. The molecule has 1 N–H and O–H groups in total. The lowest BCUT2D eigenvalue weighted by Gasteiger charge is -2.10. The van der Waals surface area contributed by atoms with Crippen molar-refractivity contribution in [3.05, 3.63) is 64.7 Å². The number of benzene rings is 2. The van der Waals surface area contributed by atoms with Crippen LogP contribution < -0.4 is 4.74 Å². The lowest BCUT2D eigenvalue weighted by Crippen LogP contribution is -2.00. The summed E-state index contributed by atoms with van der Waals surface area (Å²) in [5.74, 6) is -0.0382. The lowest BCUT2D eigenvalue weighted by molar-refractivity contribution is 0.0696. The van der Waals surface area contributed by atoms with E-state index in [9.17, 15) is 9.59 Å². The Bertz CT molecular complexity index is 701. The molecule has 0 saturated carbocycles. The van der Waals surface area contributed by atoms with Gasteiger partial charge in [0.05, 0.1) is 5.56 Å². The quantitative estimate of drug-likeness (QED) is 0.936. The molecule has 1 aliphatic rings. The van der Waals surface area contributed by atoms with Crippen LogP contribution in [-0.4, -0.2) is 16.9 Å². The molecule has 4 nitrogen and oxygen atoms in total. The number of carboxylic acids is 1. The molecule has 0 atom stereocenters. The SMILES string of the molecule is O=C(O)c1ccc(COc2cccc3c2CCC3=O)cc1. The van der Waals surface area contributed by atoms with Crippen molar-refractivity contribution in [3.63, 3.8) is 0 Å².